The molecule has 0 fully saturated rings. The smallest absolute Gasteiger partial charge is 0.0705 e. The Morgan fingerprint density at radius 3 is 2.89 bits per heavy atom. The normalized spacial score (nSPS) is 19.9. The van der Waals surface area contributed by atoms with Gasteiger partial charge in [-0.15, -0.1) is 0 Å². The first kappa shape index (κ1) is 11.4. The van der Waals surface area contributed by atoms with Crippen LogP contribution in [0, 0.1) is 6.92 Å². The Hall–Kier alpha value is -1.67. The highest BCUT2D eigenvalue weighted by Gasteiger charge is 2.12. The lowest BCUT2D eigenvalue weighted by Crippen LogP contribution is -2.21. The van der Waals surface area contributed by atoms with Crippen molar-refractivity contribution in [3.63, 3.8) is 0 Å². The Kier molecular flexibility index (Phi) is 2.88. The average Bonchev–Trinajstić information content (AvgIpc) is 2.39. The minimum absolute atomic E-state index is 0.346. The summed E-state index contributed by atoms with van der Waals surface area (Å²) < 4.78 is 0. The summed E-state index contributed by atoms with van der Waals surface area (Å²) in [6.45, 7) is 2.03. The van der Waals surface area contributed by atoms with Gasteiger partial charge in [-0.2, -0.15) is 0 Å². The number of hydrogen-bond donors (Lipinski definition) is 1. The molecule has 1 aromatic heterocycles. The van der Waals surface area contributed by atoms with Gasteiger partial charge >= 0.3 is 0 Å². The highest BCUT2D eigenvalue weighted by Crippen LogP contribution is 2.28. The molecule has 1 unspecified atom stereocenters. The van der Waals surface area contributed by atoms with Crippen LogP contribution in [0.4, 0.5) is 0 Å². The monoisotopic (exact) mass is 238 g/mol. The van der Waals surface area contributed by atoms with Gasteiger partial charge in [0, 0.05) is 17.1 Å². The summed E-state index contributed by atoms with van der Waals surface area (Å²) in [6.07, 6.45) is 5.47. The van der Waals surface area contributed by atoms with Crippen LogP contribution in [0.2, 0.25) is 0 Å². The Balaban J connectivity index is 2.01. The third kappa shape index (κ3) is 2.16. The number of benzene rings is 1. The van der Waals surface area contributed by atoms with E-state index in [0.717, 1.165) is 30.5 Å². The number of nitrogens with two attached hydrogens (primary N) is 1. The number of allylic oxidation sites excluding steroid dienone is 1. The molecule has 1 aliphatic rings. The molecule has 0 saturated heterocycles. The number of fused-ring (bicyclic) bond motifs is 1. The first-order valence-electron chi connectivity index (χ1n) is 6.55. The van der Waals surface area contributed by atoms with Crippen LogP contribution in [0.5, 0.6) is 0 Å². The van der Waals surface area contributed by atoms with E-state index in [9.17, 15) is 0 Å². The van der Waals surface area contributed by atoms with Crippen LogP contribution < -0.4 is 5.73 Å². The van der Waals surface area contributed by atoms with E-state index < -0.39 is 0 Å². The Morgan fingerprint density at radius 1 is 1.22 bits per heavy atom. The molecule has 2 aromatic rings. The molecule has 0 aliphatic heterocycles. The van der Waals surface area contributed by atoms with E-state index in [1.54, 1.807) is 0 Å². The molecule has 2 heteroatoms. The topological polar surface area (TPSA) is 38.9 Å². The summed E-state index contributed by atoms with van der Waals surface area (Å²) >= 11 is 0. The fourth-order valence-corrected chi connectivity index (χ4v) is 2.54. The lowest BCUT2D eigenvalue weighted by Gasteiger charge is -2.18. The Morgan fingerprint density at radius 2 is 2.11 bits per heavy atom. The standard InChI is InChI=1S/C16H18N2/c1-11-2-3-14-10-13(6-9-16(14)18-11)12-4-7-15(17)8-5-12/h2-4,6,9-10,15H,5,7-8,17H2,1H3. The van der Waals surface area contributed by atoms with Crippen molar-refractivity contribution in [2.45, 2.75) is 32.2 Å². The molecule has 0 amide bonds. The van der Waals surface area contributed by atoms with Crippen molar-refractivity contribution in [3.8, 4) is 0 Å². The lowest BCUT2D eigenvalue weighted by atomic mass is 9.90. The fraction of sp³-hybridized carbons (Fsp3) is 0.312. The zero-order valence-electron chi connectivity index (χ0n) is 10.7. The molecule has 1 heterocycles. The van der Waals surface area contributed by atoms with Crippen molar-refractivity contribution >= 4 is 16.5 Å². The fourth-order valence-electron chi connectivity index (χ4n) is 2.54. The number of pyridine rings is 1. The lowest BCUT2D eigenvalue weighted by molar-refractivity contribution is 0.614. The summed E-state index contributed by atoms with van der Waals surface area (Å²) in [7, 11) is 0. The van der Waals surface area contributed by atoms with Crippen molar-refractivity contribution in [3.05, 3.63) is 47.7 Å². The van der Waals surface area contributed by atoms with Gasteiger partial charge < -0.3 is 5.73 Å². The van der Waals surface area contributed by atoms with Gasteiger partial charge in [-0.25, -0.2) is 0 Å². The molecule has 92 valence electrons. The van der Waals surface area contributed by atoms with Gasteiger partial charge in [0.05, 0.1) is 5.52 Å². The summed E-state index contributed by atoms with van der Waals surface area (Å²) in [5.74, 6) is 0. The van der Waals surface area contributed by atoms with Crippen molar-refractivity contribution in [1.29, 1.82) is 0 Å². The maximum absolute atomic E-state index is 5.93. The summed E-state index contributed by atoms with van der Waals surface area (Å²) in [4.78, 5) is 4.53. The maximum Gasteiger partial charge on any atom is 0.0705 e. The first-order chi connectivity index (χ1) is 8.72. The molecule has 3 rings (SSSR count). The van der Waals surface area contributed by atoms with Crippen LogP contribution in [0.1, 0.15) is 30.5 Å². The van der Waals surface area contributed by atoms with E-state index in [-0.39, 0.29) is 0 Å². The summed E-state index contributed by atoms with van der Waals surface area (Å²) in [5, 5.41) is 1.22. The van der Waals surface area contributed by atoms with Gasteiger partial charge in [0.25, 0.3) is 0 Å². The van der Waals surface area contributed by atoms with E-state index in [2.05, 4.69) is 41.4 Å². The molecule has 0 saturated carbocycles. The van der Waals surface area contributed by atoms with Gasteiger partial charge in [0.15, 0.2) is 0 Å². The highest BCUT2D eigenvalue weighted by atomic mass is 14.7. The number of hydrogen-bond acceptors (Lipinski definition) is 2. The summed E-state index contributed by atoms with van der Waals surface area (Å²) in [5.41, 5.74) is 10.8. The minimum atomic E-state index is 0.346. The van der Waals surface area contributed by atoms with Crippen LogP contribution in [0.3, 0.4) is 0 Å². The molecule has 1 aliphatic carbocycles. The Bertz CT molecular complexity index is 614. The van der Waals surface area contributed by atoms with Gasteiger partial charge in [0.1, 0.15) is 0 Å². The second-order valence-corrected chi connectivity index (χ2v) is 5.12. The van der Waals surface area contributed by atoms with Crippen molar-refractivity contribution < 1.29 is 0 Å². The minimum Gasteiger partial charge on any atom is -0.327 e. The van der Waals surface area contributed by atoms with E-state index in [4.69, 9.17) is 5.73 Å². The molecular weight excluding hydrogens is 220 g/mol. The number of aryl methyl sites for hydroxylation is 1. The van der Waals surface area contributed by atoms with E-state index >= 15 is 0 Å². The van der Waals surface area contributed by atoms with Crippen molar-refractivity contribution in [2.24, 2.45) is 5.73 Å². The van der Waals surface area contributed by atoms with E-state index in [0.29, 0.717) is 6.04 Å². The van der Waals surface area contributed by atoms with Gasteiger partial charge in [-0.05, 0) is 55.5 Å². The number of rotatable bonds is 1. The molecule has 18 heavy (non-hydrogen) atoms. The van der Waals surface area contributed by atoms with Crippen molar-refractivity contribution in [1.82, 2.24) is 4.98 Å². The van der Waals surface area contributed by atoms with E-state index in [1.165, 1.54) is 16.5 Å². The van der Waals surface area contributed by atoms with Crippen molar-refractivity contribution in [2.75, 3.05) is 0 Å². The molecule has 1 atom stereocenters. The van der Waals surface area contributed by atoms with Gasteiger partial charge in [-0.1, -0.05) is 18.2 Å². The zero-order chi connectivity index (χ0) is 12.5. The predicted octanol–water partition coefficient (Wildman–Crippen LogP) is 3.44. The third-order valence-electron chi connectivity index (χ3n) is 3.65. The predicted molar refractivity (Wildman–Crippen MR) is 76.3 cm³/mol. The maximum atomic E-state index is 5.93. The molecule has 2 nitrogen and oxygen atoms in total. The van der Waals surface area contributed by atoms with Crippen LogP contribution in [-0.4, -0.2) is 11.0 Å². The van der Waals surface area contributed by atoms with Gasteiger partial charge in [-0.3, -0.25) is 4.98 Å². The first-order valence-corrected chi connectivity index (χ1v) is 6.55. The molecule has 0 spiro atoms. The molecule has 0 bridgehead atoms. The molecule has 1 aromatic carbocycles. The van der Waals surface area contributed by atoms with Gasteiger partial charge in [0.2, 0.25) is 0 Å². The van der Waals surface area contributed by atoms with Crippen LogP contribution in [0.25, 0.3) is 16.5 Å². The van der Waals surface area contributed by atoms with Crippen LogP contribution in [0.15, 0.2) is 36.4 Å². The van der Waals surface area contributed by atoms with E-state index in [1.807, 2.05) is 6.92 Å². The SMILES string of the molecule is Cc1ccc2cc(C3=CCC(N)CC3)ccc2n1. The second-order valence-electron chi connectivity index (χ2n) is 5.12. The molecular formula is C16H18N2. The largest absolute Gasteiger partial charge is 0.327 e. The molecule has 0 radical (unpaired) electrons. The number of aromatic nitrogens is 1. The third-order valence-corrected chi connectivity index (χ3v) is 3.65. The molecule has 2 N–H and O–H groups in total. The zero-order valence-corrected chi connectivity index (χ0v) is 10.7. The summed E-state index contributed by atoms with van der Waals surface area (Å²) in [6, 6.07) is 11.1. The highest BCUT2D eigenvalue weighted by molar-refractivity contribution is 5.83. The Labute approximate surface area is 108 Å². The van der Waals surface area contributed by atoms with Crippen LogP contribution in [-0.2, 0) is 0 Å². The number of nitrogens with zero attached hydrogens (tertiary/aromatic N) is 1. The average molecular weight is 238 g/mol. The van der Waals surface area contributed by atoms with Crippen LogP contribution >= 0.6 is 0 Å². The second kappa shape index (κ2) is 4.54. The quantitative estimate of drug-likeness (QED) is 0.826.